The first kappa shape index (κ1) is 11.3. The van der Waals surface area contributed by atoms with Crippen LogP contribution in [0.25, 0.3) is 6.08 Å². The normalized spacial score (nSPS) is 21.9. The Hall–Kier alpha value is -1.20. The fourth-order valence-corrected chi connectivity index (χ4v) is 2.68. The van der Waals surface area contributed by atoms with Gasteiger partial charge in [-0.1, -0.05) is 0 Å². The number of nitrogens with zero attached hydrogens (tertiary/aromatic N) is 2. The SMILES string of the molecule is CN1CCC(c2csc(/C=C/C(=O)O)n2)C1. The molecular formula is C11H14N2O2S. The molecule has 1 aromatic heterocycles. The van der Waals surface area contributed by atoms with Gasteiger partial charge >= 0.3 is 5.97 Å². The zero-order valence-corrected chi connectivity index (χ0v) is 9.91. The lowest BCUT2D eigenvalue weighted by atomic mass is 10.1. The van der Waals surface area contributed by atoms with Crippen LogP contribution < -0.4 is 0 Å². The predicted molar refractivity (Wildman–Crippen MR) is 63.6 cm³/mol. The average Bonchev–Trinajstić information content (AvgIpc) is 2.83. The van der Waals surface area contributed by atoms with E-state index in [4.69, 9.17) is 5.11 Å². The minimum absolute atomic E-state index is 0.508. The molecule has 2 rings (SSSR count). The predicted octanol–water partition coefficient (Wildman–Crippen LogP) is 1.66. The lowest BCUT2D eigenvalue weighted by Crippen LogP contribution is -2.13. The number of carboxylic acids is 1. The lowest BCUT2D eigenvalue weighted by molar-refractivity contribution is -0.131. The van der Waals surface area contributed by atoms with Gasteiger partial charge < -0.3 is 10.0 Å². The van der Waals surface area contributed by atoms with Crippen molar-refractivity contribution in [3.05, 3.63) is 22.2 Å². The molecule has 86 valence electrons. The summed E-state index contributed by atoms with van der Waals surface area (Å²) < 4.78 is 0. The number of carbonyl (C=O) groups is 1. The van der Waals surface area contributed by atoms with E-state index in [1.807, 2.05) is 5.38 Å². The van der Waals surface area contributed by atoms with Gasteiger partial charge in [0.2, 0.25) is 0 Å². The van der Waals surface area contributed by atoms with Gasteiger partial charge in [0.25, 0.3) is 0 Å². The van der Waals surface area contributed by atoms with Crippen LogP contribution in [0.2, 0.25) is 0 Å². The number of hydrogen-bond donors (Lipinski definition) is 1. The third kappa shape index (κ3) is 2.68. The van der Waals surface area contributed by atoms with Crippen molar-refractivity contribution in [2.24, 2.45) is 0 Å². The van der Waals surface area contributed by atoms with E-state index in [0.717, 1.165) is 36.3 Å². The van der Waals surface area contributed by atoms with Crippen LogP contribution in [0.3, 0.4) is 0 Å². The molecule has 0 aromatic carbocycles. The van der Waals surface area contributed by atoms with Crippen molar-refractivity contribution in [3.8, 4) is 0 Å². The van der Waals surface area contributed by atoms with E-state index >= 15 is 0 Å². The summed E-state index contributed by atoms with van der Waals surface area (Å²) >= 11 is 1.50. The molecule has 4 nitrogen and oxygen atoms in total. The molecule has 1 N–H and O–H groups in total. The Balaban J connectivity index is 2.05. The Labute approximate surface area is 98.2 Å². The van der Waals surface area contributed by atoms with E-state index in [1.165, 1.54) is 11.3 Å². The summed E-state index contributed by atoms with van der Waals surface area (Å²) in [7, 11) is 2.11. The number of likely N-dealkylation sites (N-methyl/N-ethyl adjacent to an activating group) is 1. The van der Waals surface area contributed by atoms with Gasteiger partial charge in [-0.3, -0.25) is 0 Å². The molecule has 1 aliphatic heterocycles. The maximum atomic E-state index is 10.4. The number of hydrogen-bond acceptors (Lipinski definition) is 4. The van der Waals surface area contributed by atoms with Crippen molar-refractivity contribution in [1.29, 1.82) is 0 Å². The third-order valence-electron chi connectivity index (χ3n) is 2.72. The molecule has 2 heterocycles. The van der Waals surface area contributed by atoms with Crippen LogP contribution in [0.15, 0.2) is 11.5 Å². The Morgan fingerprint density at radius 3 is 3.19 bits per heavy atom. The van der Waals surface area contributed by atoms with Crippen LogP contribution in [-0.4, -0.2) is 41.1 Å². The van der Waals surface area contributed by atoms with Crippen molar-refractivity contribution in [3.63, 3.8) is 0 Å². The Kier molecular flexibility index (Phi) is 3.36. The zero-order valence-electron chi connectivity index (χ0n) is 9.09. The first-order valence-corrected chi connectivity index (χ1v) is 6.08. The summed E-state index contributed by atoms with van der Waals surface area (Å²) in [6, 6.07) is 0. The van der Waals surface area contributed by atoms with Gasteiger partial charge in [-0.15, -0.1) is 11.3 Å². The van der Waals surface area contributed by atoms with E-state index in [-0.39, 0.29) is 0 Å². The first-order chi connectivity index (χ1) is 7.65. The van der Waals surface area contributed by atoms with Crippen LogP contribution in [0, 0.1) is 0 Å². The average molecular weight is 238 g/mol. The van der Waals surface area contributed by atoms with Gasteiger partial charge in [0.1, 0.15) is 5.01 Å². The Morgan fingerprint density at radius 1 is 1.75 bits per heavy atom. The molecule has 1 fully saturated rings. The van der Waals surface area contributed by atoms with Gasteiger partial charge in [0.05, 0.1) is 5.69 Å². The molecule has 1 atom stereocenters. The maximum Gasteiger partial charge on any atom is 0.328 e. The number of thiazole rings is 1. The van der Waals surface area contributed by atoms with Crippen molar-refractivity contribution < 1.29 is 9.90 Å². The number of aliphatic carboxylic acids is 1. The second-order valence-corrected chi connectivity index (χ2v) is 4.92. The van der Waals surface area contributed by atoms with E-state index in [2.05, 4.69) is 16.9 Å². The monoisotopic (exact) mass is 238 g/mol. The van der Waals surface area contributed by atoms with Crippen molar-refractivity contribution in [1.82, 2.24) is 9.88 Å². The molecule has 0 saturated carbocycles. The smallest absolute Gasteiger partial charge is 0.328 e. The molecule has 1 saturated heterocycles. The van der Waals surface area contributed by atoms with E-state index in [0.29, 0.717) is 5.92 Å². The summed E-state index contributed by atoms with van der Waals surface area (Å²) in [5, 5.41) is 11.3. The molecule has 0 radical (unpaired) electrons. The highest BCUT2D eigenvalue weighted by Gasteiger charge is 2.22. The largest absolute Gasteiger partial charge is 0.478 e. The highest BCUT2D eigenvalue weighted by molar-refractivity contribution is 7.10. The van der Waals surface area contributed by atoms with E-state index in [1.54, 1.807) is 6.08 Å². The van der Waals surface area contributed by atoms with Gasteiger partial charge in [-0.25, -0.2) is 9.78 Å². The van der Waals surface area contributed by atoms with Crippen LogP contribution in [0.5, 0.6) is 0 Å². The summed E-state index contributed by atoms with van der Waals surface area (Å²) in [5.74, 6) is -0.425. The van der Waals surface area contributed by atoms with Crippen LogP contribution in [-0.2, 0) is 4.79 Å². The van der Waals surface area contributed by atoms with Crippen LogP contribution in [0.1, 0.15) is 23.0 Å². The quantitative estimate of drug-likeness (QED) is 0.814. The molecule has 5 heteroatoms. The third-order valence-corrected chi connectivity index (χ3v) is 3.55. The fraction of sp³-hybridized carbons (Fsp3) is 0.455. The zero-order chi connectivity index (χ0) is 11.5. The van der Waals surface area contributed by atoms with Crippen molar-refractivity contribution >= 4 is 23.4 Å². The fourth-order valence-electron chi connectivity index (χ4n) is 1.88. The molecule has 16 heavy (non-hydrogen) atoms. The van der Waals surface area contributed by atoms with Crippen LogP contribution >= 0.6 is 11.3 Å². The molecule has 1 aromatic rings. The van der Waals surface area contributed by atoms with Gasteiger partial charge in [-0.2, -0.15) is 0 Å². The van der Waals surface area contributed by atoms with Crippen LogP contribution in [0.4, 0.5) is 0 Å². The number of carboxylic acid groups (broad SMARTS) is 1. The molecule has 0 amide bonds. The van der Waals surface area contributed by atoms with Crippen molar-refractivity contribution in [2.75, 3.05) is 20.1 Å². The molecule has 1 unspecified atom stereocenters. The van der Waals surface area contributed by atoms with Gasteiger partial charge in [0.15, 0.2) is 0 Å². The Morgan fingerprint density at radius 2 is 2.56 bits per heavy atom. The maximum absolute atomic E-state index is 10.4. The minimum Gasteiger partial charge on any atom is -0.478 e. The molecule has 1 aliphatic rings. The van der Waals surface area contributed by atoms with Gasteiger partial charge in [0, 0.05) is 23.9 Å². The molecule has 0 aliphatic carbocycles. The minimum atomic E-state index is -0.933. The summed E-state index contributed by atoms with van der Waals surface area (Å²) in [4.78, 5) is 17.1. The van der Waals surface area contributed by atoms with Gasteiger partial charge in [-0.05, 0) is 26.1 Å². The summed E-state index contributed by atoms with van der Waals surface area (Å²) in [6.45, 7) is 2.16. The second kappa shape index (κ2) is 4.76. The lowest BCUT2D eigenvalue weighted by Gasteiger charge is -2.06. The topological polar surface area (TPSA) is 53.4 Å². The molecular weight excluding hydrogens is 224 g/mol. The Bertz CT molecular complexity index is 414. The first-order valence-electron chi connectivity index (χ1n) is 5.20. The number of aromatic nitrogens is 1. The summed E-state index contributed by atoms with van der Waals surface area (Å²) in [6.07, 6.45) is 3.82. The van der Waals surface area contributed by atoms with Crippen molar-refractivity contribution in [2.45, 2.75) is 12.3 Å². The molecule has 0 bridgehead atoms. The summed E-state index contributed by atoms with van der Waals surface area (Å²) in [5.41, 5.74) is 1.10. The number of likely N-dealkylation sites (tertiary alicyclic amines) is 1. The molecule has 0 spiro atoms. The highest BCUT2D eigenvalue weighted by Crippen LogP contribution is 2.27. The van der Waals surface area contributed by atoms with E-state index in [9.17, 15) is 4.79 Å². The standard InChI is InChI=1S/C11H14N2O2S/c1-13-5-4-8(6-13)9-7-16-10(12-9)2-3-11(14)15/h2-3,7-8H,4-6H2,1H3,(H,14,15)/b3-2+. The van der Waals surface area contributed by atoms with E-state index < -0.39 is 5.97 Å². The number of rotatable bonds is 3. The second-order valence-electron chi connectivity index (χ2n) is 4.03. The highest BCUT2D eigenvalue weighted by atomic mass is 32.1.